The van der Waals surface area contributed by atoms with Gasteiger partial charge in [0.1, 0.15) is 0 Å². The van der Waals surface area contributed by atoms with Crippen molar-refractivity contribution in [2.75, 3.05) is 26.2 Å². The Balaban J connectivity index is 1.53. The predicted octanol–water partition coefficient (Wildman–Crippen LogP) is 2.00. The average molecular weight is 391 g/mol. The van der Waals surface area contributed by atoms with Crippen molar-refractivity contribution in [2.24, 2.45) is 5.73 Å². The number of nitrogens with two attached hydrogens (primary N) is 1. The van der Waals surface area contributed by atoms with Crippen LogP contribution >= 0.6 is 0 Å². The molecular formula is C22H25N5O2. The van der Waals surface area contributed by atoms with Crippen molar-refractivity contribution in [1.82, 2.24) is 15.1 Å². The van der Waals surface area contributed by atoms with E-state index in [1.165, 1.54) is 0 Å². The van der Waals surface area contributed by atoms with E-state index < -0.39 is 12.1 Å². The van der Waals surface area contributed by atoms with Crippen LogP contribution in [0.4, 0.5) is 4.79 Å². The maximum absolute atomic E-state index is 12.8. The zero-order valence-corrected chi connectivity index (χ0v) is 16.3. The maximum Gasteiger partial charge on any atom is 0.312 e. The molecule has 150 valence electrons. The summed E-state index contributed by atoms with van der Waals surface area (Å²) in [4.78, 5) is 28.3. The van der Waals surface area contributed by atoms with Gasteiger partial charge in [0.15, 0.2) is 0 Å². The van der Waals surface area contributed by atoms with Crippen LogP contribution in [-0.4, -0.2) is 47.9 Å². The largest absolute Gasteiger partial charge is 0.352 e. The van der Waals surface area contributed by atoms with Gasteiger partial charge in [-0.25, -0.2) is 4.79 Å². The molecule has 3 rings (SSSR count). The first-order chi connectivity index (χ1) is 14.0. The fourth-order valence-electron chi connectivity index (χ4n) is 3.51. The molecule has 0 aliphatic carbocycles. The Morgan fingerprint density at radius 1 is 1.03 bits per heavy atom. The number of carbonyl (C=O) groups excluding carboxylic acids is 2. The summed E-state index contributed by atoms with van der Waals surface area (Å²) >= 11 is 0. The number of hydrogen-bond donors (Lipinski definition) is 2. The summed E-state index contributed by atoms with van der Waals surface area (Å²) in [5.74, 6) is 0.00521. The van der Waals surface area contributed by atoms with Gasteiger partial charge < -0.3 is 16.0 Å². The van der Waals surface area contributed by atoms with Crippen LogP contribution in [0.5, 0.6) is 0 Å². The van der Waals surface area contributed by atoms with Gasteiger partial charge in [-0.2, -0.15) is 5.26 Å². The van der Waals surface area contributed by atoms with E-state index in [0.29, 0.717) is 18.7 Å². The van der Waals surface area contributed by atoms with Gasteiger partial charge in [0, 0.05) is 32.7 Å². The lowest BCUT2D eigenvalue weighted by Crippen LogP contribution is -2.49. The highest BCUT2D eigenvalue weighted by atomic mass is 16.2. The molecule has 0 bridgehead atoms. The average Bonchev–Trinajstić information content (AvgIpc) is 2.74. The van der Waals surface area contributed by atoms with E-state index in [9.17, 15) is 9.59 Å². The molecular weight excluding hydrogens is 366 g/mol. The molecule has 1 aliphatic rings. The van der Waals surface area contributed by atoms with Crippen LogP contribution < -0.4 is 11.1 Å². The zero-order chi connectivity index (χ0) is 20.6. The molecule has 2 aromatic rings. The molecule has 0 aromatic heterocycles. The molecule has 1 saturated heterocycles. The lowest BCUT2D eigenvalue weighted by Gasteiger charge is -2.35. The summed E-state index contributed by atoms with van der Waals surface area (Å²) in [5, 5.41) is 11.6. The van der Waals surface area contributed by atoms with Crippen molar-refractivity contribution in [2.45, 2.75) is 19.0 Å². The van der Waals surface area contributed by atoms with Crippen molar-refractivity contribution < 1.29 is 9.59 Å². The summed E-state index contributed by atoms with van der Waals surface area (Å²) < 4.78 is 0. The van der Waals surface area contributed by atoms with Crippen LogP contribution in [0.2, 0.25) is 0 Å². The van der Waals surface area contributed by atoms with E-state index in [1.54, 1.807) is 0 Å². The molecule has 2 aromatic carbocycles. The monoisotopic (exact) mass is 391 g/mol. The lowest BCUT2D eigenvalue weighted by molar-refractivity contribution is -0.133. The number of primary amides is 1. The minimum Gasteiger partial charge on any atom is -0.352 e. The molecule has 1 aliphatic heterocycles. The number of benzene rings is 2. The van der Waals surface area contributed by atoms with E-state index in [0.717, 1.165) is 30.8 Å². The molecule has 3 amide bonds. The second kappa shape index (κ2) is 9.71. The fourth-order valence-corrected chi connectivity index (χ4v) is 3.51. The number of nitrogens with zero attached hydrogens (tertiary/aromatic N) is 3. The highest BCUT2D eigenvalue weighted by Gasteiger charge is 2.25. The van der Waals surface area contributed by atoms with Crippen LogP contribution in [0.15, 0.2) is 54.6 Å². The normalized spacial score (nSPS) is 15.3. The van der Waals surface area contributed by atoms with E-state index in [4.69, 9.17) is 11.0 Å². The smallest absolute Gasteiger partial charge is 0.312 e. The number of amides is 3. The van der Waals surface area contributed by atoms with Crippen LogP contribution in [0.1, 0.15) is 29.2 Å². The highest BCUT2D eigenvalue weighted by molar-refractivity contribution is 5.79. The number of urea groups is 1. The van der Waals surface area contributed by atoms with Crippen molar-refractivity contribution in [3.05, 3.63) is 71.3 Å². The highest BCUT2D eigenvalue weighted by Crippen LogP contribution is 2.19. The molecule has 1 fully saturated rings. The number of hydrogen-bond acceptors (Lipinski definition) is 4. The molecule has 0 unspecified atom stereocenters. The quantitative estimate of drug-likeness (QED) is 0.786. The van der Waals surface area contributed by atoms with Gasteiger partial charge in [0.05, 0.1) is 24.1 Å². The zero-order valence-electron chi connectivity index (χ0n) is 16.3. The van der Waals surface area contributed by atoms with Gasteiger partial charge in [-0.05, 0) is 23.3 Å². The van der Waals surface area contributed by atoms with Gasteiger partial charge >= 0.3 is 6.03 Å². The summed E-state index contributed by atoms with van der Waals surface area (Å²) in [6, 6.07) is 18.0. The van der Waals surface area contributed by atoms with Crippen molar-refractivity contribution in [1.29, 1.82) is 5.26 Å². The maximum atomic E-state index is 12.8. The second-order valence-electron chi connectivity index (χ2n) is 7.14. The Labute approximate surface area is 170 Å². The van der Waals surface area contributed by atoms with E-state index in [-0.39, 0.29) is 12.3 Å². The fraction of sp³-hybridized carbons (Fsp3) is 0.318. The molecule has 0 radical (unpaired) electrons. The van der Waals surface area contributed by atoms with Gasteiger partial charge in [0.2, 0.25) is 5.91 Å². The Hall–Kier alpha value is -3.37. The first-order valence-corrected chi connectivity index (χ1v) is 9.65. The third-order valence-electron chi connectivity index (χ3n) is 5.11. The third kappa shape index (κ3) is 5.80. The molecule has 1 atom stereocenters. The van der Waals surface area contributed by atoms with E-state index in [2.05, 4.69) is 16.3 Å². The standard InChI is InChI=1S/C22H25N5O2/c23-15-17-6-8-18(9-7-17)16-26-10-12-27(13-11-26)21(28)14-20(25-22(24)29)19-4-2-1-3-5-19/h1-9,20H,10-14,16H2,(H3,24,25,29)/t20-/m0/s1. The predicted molar refractivity (Wildman–Crippen MR) is 110 cm³/mol. The Bertz CT molecular complexity index is 868. The summed E-state index contributed by atoms with van der Waals surface area (Å²) in [6.45, 7) is 3.65. The van der Waals surface area contributed by atoms with Crippen LogP contribution in [0.25, 0.3) is 0 Å². The number of piperazine rings is 1. The molecule has 7 nitrogen and oxygen atoms in total. The number of nitriles is 1. The molecule has 0 spiro atoms. The van der Waals surface area contributed by atoms with Crippen LogP contribution in [0.3, 0.4) is 0 Å². The molecule has 29 heavy (non-hydrogen) atoms. The Morgan fingerprint density at radius 2 is 1.69 bits per heavy atom. The topological polar surface area (TPSA) is 102 Å². The molecule has 7 heteroatoms. The van der Waals surface area contributed by atoms with Gasteiger partial charge in [-0.3, -0.25) is 9.69 Å². The van der Waals surface area contributed by atoms with Crippen molar-refractivity contribution >= 4 is 11.9 Å². The van der Waals surface area contributed by atoms with E-state index >= 15 is 0 Å². The van der Waals surface area contributed by atoms with Gasteiger partial charge in [0.25, 0.3) is 0 Å². The Morgan fingerprint density at radius 3 is 2.28 bits per heavy atom. The second-order valence-corrected chi connectivity index (χ2v) is 7.14. The molecule has 1 heterocycles. The number of carbonyl (C=O) groups is 2. The summed E-state index contributed by atoms with van der Waals surface area (Å²) in [5.41, 5.74) is 7.96. The van der Waals surface area contributed by atoms with Crippen LogP contribution in [-0.2, 0) is 11.3 Å². The molecule has 3 N–H and O–H groups in total. The number of nitrogens with one attached hydrogen (secondary N) is 1. The van der Waals surface area contributed by atoms with E-state index in [1.807, 2.05) is 59.5 Å². The van der Waals surface area contributed by atoms with Gasteiger partial charge in [-0.15, -0.1) is 0 Å². The Kier molecular flexibility index (Phi) is 6.82. The SMILES string of the molecule is N#Cc1ccc(CN2CCN(C(=O)C[C@H](NC(N)=O)c3ccccc3)CC2)cc1. The molecule has 0 saturated carbocycles. The first-order valence-electron chi connectivity index (χ1n) is 9.65. The van der Waals surface area contributed by atoms with Crippen molar-refractivity contribution in [3.8, 4) is 6.07 Å². The number of rotatable bonds is 6. The van der Waals surface area contributed by atoms with Crippen LogP contribution in [0, 0.1) is 11.3 Å². The van der Waals surface area contributed by atoms with Crippen molar-refractivity contribution in [3.63, 3.8) is 0 Å². The first kappa shape index (κ1) is 20.4. The van der Waals surface area contributed by atoms with Gasteiger partial charge in [-0.1, -0.05) is 42.5 Å². The lowest BCUT2D eigenvalue weighted by atomic mass is 10.0. The third-order valence-corrected chi connectivity index (χ3v) is 5.11. The minimum atomic E-state index is -0.640. The summed E-state index contributed by atoms with van der Waals surface area (Å²) in [6.07, 6.45) is 0.183. The summed E-state index contributed by atoms with van der Waals surface area (Å²) in [7, 11) is 0. The minimum absolute atomic E-state index is 0.00521.